The predicted octanol–water partition coefficient (Wildman–Crippen LogP) is -2.58. The van der Waals surface area contributed by atoms with Crippen molar-refractivity contribution in [2.45, 2.75) is 0 Å². The first-order chi connectivity index (χ1) is 4.00. The molecule has 7 nitrogen and oxygen atoms in total. The summed E-state index contributed by atoms with van der Waals surface area (Å²) in [5.74, 6) is 0. The maximum Gasteiger partial charge on any atom is 0.668 e. The van der Waals surface area contributed by atoms with Crippen LogP contribution in [-0.4, -0.2) is 41.2 Å². The highest BCUT2D eigenvalue weighted by Crippen LogP contribution is 1.82. The van der Waals surface area contributed by atoms with Gasteiger partial charge in [0.05, 0.1) is 0 Å². The molecule has 0 bridgehead atoms. The summed E-state index contributed by atoms with van der Waals surface area (Å²) >= 11 is 0. The standard InChI is InChI=1S/ClHO3S.H4O4Si/c2*1-5(2,3)4/h(H,2,3,4);1-4H. The van der Waals surface area contributed by atoms with Crippen molar-refractivity contribution in [2.24, 2.45) is 0 Å². The van der Waals surface area contributed by atoms with Crippen LogP contribution in [0, 0.1) is 0 Å². The van der Waals surface area contributed by atoms with E-state index in [0.29, 0.717) is 0 Å². The molecule has 0 radical (unpaired) electrons. The van der Waals surface area contributed by atoms with Gasteiger partial charge < -0.3 is 19.2 Å². The fraction of sp³-hybridized carbons (Fsp3) is 0. The molecule has 0 aliphatic carbocycles. The first-order valence-electron chi connectivity index (χ1n) is 1.56. The van der Waals surface area contributed by atoms with E-state index in [9.17, 15) is 0 Å². The largest absolute Gasteiger partial charge is 0.668 e. The Morgan fingerprint density at radius 2 is 1.10 bits per heavy atom. The second-order valence-corrected chi connectivity index (χ2v) is 4.21. The van der Waals surface area contributed by atoms with Crippen molar-refractivity contribution >= 4 is 29.1 Å². The van der Waals surface area contributed by atoms with Crippen LogP contribution >= 0.6 is 10.7 Å². The molecule has 0 spiro atoms. The van der Waals surface area contributed by atoms with Gasteiger partial charge in [-0.2, -0.15) is 8.42 Å². The molecular formula is H5ClO7SSi. The Labute approximate surface area is 61.9 Å². The second-order valence-electron chi connectivity index (χ2n) is 1.01. The molecule has 0 heterocycles. The van der Waals surface area contributed by atoms with Gasteiger partial charge in [0.25, 0.3) is 0 Å². The molecule has 0 aliphatic rings. The molecule has 0 rings (SSSR count). The number of halogens is 1. The van der Waals surface area contributed by atoms with E-state index in [1.54, 1.807) is 0 Å². The van der Waals surface area contributed by atoms with Crippen LogP contribution in [0.15, 0.2) is 0 Å². The van der Waals surface area contributed by atoms with Gasteiger partial charge in [-0.05, 0) is 0 Å². The van der Waals surface area contributed by atoms with Crippen LogP contribution in [0.1, 0.15) is 0 Å². The lowest BCUT2D eigenvalue weighted by Crippen LogP contribution is -2.33. The third-order valence-corrected chi connectivity index (χ3v) is 0. The van der Waals surface area contributed by atoms with Gasteiger partial charge >= 0.3 is 18.4 Å². The van der Waals surface area contributed by atoms with Gasteiger partial charge in [-0.15, -0.1) is 0 Å². The lowest BCUT2D eigenvalue weighted by Gasteiger charge is -1.91. The molecule has 10 heavy (non-hydrogen) atoms. The highest BCUT2D eigenvalue weighted by Gasteiger charge is 2.22. The number of hydrogen-bond acceptors (Lipinski definition) is 6. The molecule has 0 fully saturated rings. The number of hydrogen-bond donors (Lipinski definition) is 5. The van der Waals surface area contributed by atoms with Crippen LogP contribution in [0.2, 0.25) is 0 Å². The van der Waals surface area contributed by atoms with Crippen LogP contribution in [0.5, 0.6) is 0 Å². The van der Waals surface area contributed by atoms with E-state index in [-0.39, 0.29) is 0 Å². The van der Waals surface area contributed by atoms with Crippen LogP contribution in [0.4, 0.5) is 0 Å². The zero-order valence-corrected chi connectivity index (χ0v) is 6.91. The van der Waals surface area contributed by atoms with E-state index in [1.807, 2.05) is 0 Å². The summed E-state index contributed by atoms with van der Waals surface area (Å²) in [4.78, 5) is 29.3. The smallest absolute Gasteiger partial charge is 0.368 e. The van der Waals surface area contributed by atoms with Gasteiger partial charge in [0, 0.05) is 10.7 Å². The third-order valence-electron chi connectivity index (χ3n) is 0. The lowest BCUT2D eigenvalue weighted by atomic mass is 15.7. The highest BCUT2D eigenvalue weighted by atomic mass is 35.7. The van der Waals surface area contributed by atoms with E-state index >= 15 is 0 Å². The summed E-state index contributed by atoms with van der Waals surface area (Å²) in [6, 6.07) is 0. The van der Waals surface area contributed by atoms with Crippen molar-refractivity contribution in [3.05, 3.63) is 0 Å². The zero-order chi connectivity index (χ0) is 9.00. The molecule has 0 saturated heterocycles. The molecule has 0 aromatic heterocycles. The van der Waals surface area contributed by atoms with Crippen LogP contribution in [0.25, 0.3) is 0 Å². The monoisotopic (exact) mass is 212 g/mol. The summed E-state index contributed by atoms with van der Waals surface area (Å²) in [5, 5.41) is 0. The maximum absolute atomic E-state index is 8.95. The second kappa shape index (κ2) is 4.20. The summed E-state index contributed by atoms with van der Waals surface area (Å²) in [5.41, 5.74) is 0. The van der Waals surface area contributed by atoms with Crippen LogP contribution < -0.4 is 0 Å². The van der Waals surface area contributed by atoms with E-state index in [2.05, 4.69) is 10.7 Å². The minimum Gasteiger partial charge on any atom is -0.368 e. The van der Waals surface area contributed by atoms with E-state index in [1.165, 1.54) is 0 Å². The summed E-state index contributed by atoms with van der Waals surface area (Å²) < 4.78 is 25.2. The average Bonchev–Trinajstić information content (AvgIpc) is 1.12. The first-order valence-corrected chi connectivity index (χ1v) is 5.62. The van der Waals surface area contributed by atoms with E-state index in [0.717, 1.165) is 0 Å². The molecule has 10 heteroatoms. The molecule has 0 amide bonds. The van der Waals surface area contributed by atoms with Gasteiger partial charge in [-0.25, -0.2) is 0 Å². The Bertz CT molecular complexity index is 149. The quantitative estimate of drug-likeness (QED) is 0.169. The van der Waals surface area contributed by atoms with Gasteiger partial charge in [0.15, 0.2) is 0 Å². The molecular weight excluding hydrogens is 208 g/mol. The van der Waals surface area contributed by atoms with Gasteiger partial charge in [0.2, 0.25) is 0 Å². The van der Waals surface area contributed by atoms with E-state index in [4.69, 9.17) is 32.2 Å². The van der Waals surface area contributed by atoms with Crippen LogP contribution in [-0.2, 0) is 9.33 Å². The Morgan fingerprint density at radius 1 is 1.10 bits per heavy atom. The van der Waals surface area contributed by atoms with Crippen molar-refractivity contribution in [1.82, 2.24) is 0 Å². The number of rotatable bonds is 0. The van der Waals surface area contributed by atoms with Gasteiger partial charge in [0.1, 0.15) is 0 Å². The molecule has 0 aliphatic heterocycles. The molecule has 0 aromatic carbocycles. The Kier molecular flexibility index (Phi) is 5.42. The van der Waals surface area contributed by atoms with E-state index < -0.39 is 18.4 Å². The molecule has 0 saturated carbocycles. The Hall–Kier alpha value is 0.257. The summed E-state index contributed by atoms with van der Waals surface area (Å²) in [6.45, 7) is 0. The van der Waals surface area contributed by atoms with Crippen molar-refractivity contribution in [3.63, 3.8) is 0 Å². The fourth-order valence-corrected chi connectivity index (χ4v) is 0. The van der Waals surface area contributed by atoms with Gasteiger partial charge in [-0.3, -0.25) is 4.55 Å². The average molecular weight is 213 g/mol. The SMILES string of the molecule is O=S(=O)(O)Cl.O[Si](O)(O)O. The topological polar surface area (TPSA) is 135 Å². The van der Waals surface area contributed by atoms with Gasteiger partial charge in [-0.1, -0.05) is 0 Å². The molecule has 0 aromatic rings. The minimum atomic E-state index is -4.61. The van der Waals surface area contributed by atoms with Crippen molar-refractivity contribution in [3.8, 4) is 0 Å². The zero-order valence-electron chi connectivity index (χ0n) is 4.34. The summed E-state index contributed by atoms with van der Waals surface area (Å²) in [6.07, 6.45) is 0. The van der Waals surface area contributed by atoms with Crippen molar-refractivity contribution in [1.29, 1.82) is 0 Å². The van der Waals surface area contributed by atoms with Crippen molar-refractivity contribution in [2.75, 3.05) is 0 Å². The fourth-order valence-electron chi connectivity index (χ4n) is 0. The molecule has 0 unspecified atom stereocenters. The lowest BCUT2D eigenvalue weighted by molar-refractivity contribution is 0.117. The summed E-state index contributed by atoms with van der Waals surface area (Å²) in [7, 11) is -4.75. The Morgan fingerprint density at radius 3 is 1.10 bits per heavy atom. The minimum absolute atomic E-state index is 4.06. The first kappa shape index (κ1) is 12.9. The third kappa shape index (κ3) is 6590. The highest BCUT2D eigenvalue weighted by molar-refractivity contribution is 8.09. The predicted molar refractivity (Wildman–Crippen MR) is 32.0 cm³/mol. The van der Waals surface area contributed by atoms with Crippen LogP contribution in [0.3, 0.4) is 0 Å². The molecule has 64 valence electrons. The Balaban J connectivity index is 0. The van der Waals surface area contributed by atoms with Crippen molar-refractivity contribution < 1.29 is 32.2 Å². The normalized spacial score (nSPS) is 11.8. The molecule has 5 N–H and O–H groups in total. The molecule has 0 atom stereocenters. The maximum atomic E-state index is 8.95.